The predicted molar refractivity (Wildman–Crippen MR) is 53.3 cm³/mol. The quantitative estimate of drug-likeness (QED) is 0.763. The minimum atomic E-state index is -0.616. The van der Waals surface area contributed by atoms with Crippen LogP contribution in [0.1, 0.15) is 16.6 Å². The molecule has 0 saturated carbocycles. The molecule has 1 N–H and O–H groups in total. The van der Waals surface area contributed by atoms with Gasteiger partial charge in [0.25, 0.3) is 5.91 Å². The average Bonchev–Trinajstić information content (AvgIpc) is 2.69. The van der Waals surface area contributed by atoms with Crippen molar-refractivity contribution in [3.63, 3.8) is 0 Å². The third kappa shape index (κ3) is 2.56. The van der Waals surface area contributed by atoms with Crippen LogP contribution in [-0.4, -0.2) is 25.0 Å². The number of amides is 1. The highest BCUT2D eigenvalue weighted by Gasteiger charge is 2.16. The number of hydrogen-bond donors (Lipinski definition) is 1. The fraction of sp³-hybridized carbons (Fsp3) is 0.333. The van der Waals surface area contributed by atoms with Gasteiger partial charge in [0.15, 0.2) is 0 Å². The molecule has 1 atom stereocenters. The second kappa shape index (κ2) is 4.76. The SMILES string of the molecule is COC(=O)[C@@H](C)NC(=O)c1cccs1. The third-order valence-electron chi connectivity index (χ3n) is 1.65. The Bertz CT molecular complexity index is 321. The van der Waals surface area contributed by atoms with Gasteiger partial charge in [-0.05, 0) is 18.4 Å². The van der Waals surface area contributed by atoms with Crippen molar-refractivity contribution in [1.82, 2.24) is 5.32 Å². The van der Waals surface area contributed by atoms with Gasteiger partial charge >= 0.3 is 5.97 Å². The lowest BCUT2D eigenvalue weighted by Gasteiger charge is -2.09. The third-order valence-corrected chi connectivity index (χ3v) is 2.52. The van der Waals surface area contributed by atoms with Gasteiger partial charge in [0.1, 0.15) is 6.04 Å². The maximum atomic E-state index is 11.4. The molecule has 0 aliphatic carbocycles. The molecule has 5 heteroatoms. The first-order valence-corrected chi connectivity index (χ1v) is 4.95. The number of rotatable bonds is 3. The predicted octanol–water partition coefficient (Wildman–Crippen LogP) is 1.04. The Hall–Kier alpha value is -1.36. The van der Waals surface area contributed by atoms with Gasteiger partial charge in [0.05, 0.1) is 12.0 Å². The zero-order valence-corrected chi connectivity index (χ0v) is 8.76. The molecule has 0 unspecified atom stereocenters. The maximum Gasteiger partial charge on any atom is 0.328 e. The molecule has 4 nitrogen and oxygen atoms in total. The lowest BCUT2D eigenvalue weighted by molar-refractivity contribution is -0.142. The summed E-state index contributed by atoms with van der Waals surface area (Å²) in [5.74, 6) is -0.701. The van der Waals surface area contributed by atoms with Crippen LogP contribution < -0.4 is 5.32 Å². The van der Waals surface area contributed by atoms with Gasteiger partial charge in [0.2, 0.25) is 0 Å². The first kappa shape index (κ1) is 10.7. The summed E-state index contributed by atoms with van der Waals surface area (Å²) in [4.78, 5) is 23.0. The van der Waals surface area contributed by atoms with Crippen molar-refractivity contribution >= 4 is 23.2 Å². The highest BCUT2D eigenvalue weighted by molar-refractivity contribution is 7.12. The molecule has 0 aliphatic rings. The van der Waals surface area contributed by atoms with Crippen LogP contribution in [0, 0.1) is 0 Å². The van der Waals surface area contributed by atoms with Crippen molar-refractivity contribution in [3.05, 3.63) is 22.4 Å². The highest BCUT2D eigenvalue weighted by atomic mass is 32.1. The molecule has 0 aromatic carbocycles. The summed E-state index contributed by atoms with van der Waals surface area (Å²) in [6, 6.07) is 2.86. The van der Waals surface area contributed by atoms with Gasteiger partial charge < -0.3 is 10.1 Å². The second-order valence-electron chi connectivity index (χ2n) is 2.70. The Morgan fingerprint density at radius 1 is 1.57 bits per heavy atom. The van der Waals surface area contributed by atoms with Crippen LogP contribution in [0.4, 0.5) is 0 Å². The van der Waals surface area contributed by atoms with Gasteiger partial charge in [-0.25, -0.2) is 4.79 Å². The molecule has 1 aromatic heterocycles. The minimum absolute atomic E-state index is 0.252. The smallest absolute Gasteiger partial charge is 0.328 e. The number of carbonyl (C=O) groups is 2. The van der Waals surface area contributed by atoms with E-state index in [2.05, 4.69) is 10.1 Å². The van der Waals surface area contributed by atoms with Crippen LogP contribution in [0.3, 0.4) is 0 Å². The van der Waals surface area contributed by atoms with Crippen molar-refractivity contribution in [2.24, 2.45) is 0 Å². The molecule has 0 radical (unpaired) electrons. The number of esters is 1. The molecule has 0 bridgehead atoms. The van der Waals surface area contributed by atoms with E-state index in [1.807, 2.05) is 0 Å². The van der Waals surface area contributed by atoms with Gasteiger partial charge in [-0.3, -0.25) is 4.79 Å². The molecule has 0 saturated heterocycles. The number of thiophene rings is 1. The van der Waals surface area contributed by atoms with E-state index in [-0.39, 0.29) is 5.91 Å². The number of hydrogen-bond acceptors (Lipinski definition) is 4. The van der Waals surface area contributed by atoms with Crippen molar-refractivity contribution in [2.45, 2.75) is 13.0 Å². The van der Waals surface area contributed by atoms with Crippen LogP contribution in [0.15, 0.2) is 17.5 Å². The average molecular weight is 213 g/mol. The van der Waals surface area contributed by atoms with E-state index in [0.29, 0.717) is 4.88 Å². The van der Waals surface area contributed by atoms with Crippen LogP contribution in [-0.2, 0) is 9.53 Å². The Morgan fingerprint density at radius 2 is 2.29 bits per heavy atom. The normalized spacial score (nSPS) is 11.9. The van der Waals surface area contributed by atoms with E-state index in [1.165, 1.54) is 18.4 Å². The molecular weight excluding hydrogens is 202 g/mol. The van der Waals surface area contributed by atoms with E-state index in [9.17, 15) is 9.59 Å². The molecule has 14 heavy (non-hydrogen) atoms. The number of carbonyl (C=O) groups excluding carboxylic acids is 2. The summed E-state index contributed by atoms with van der Waals surface area (Å²) in [7, 11) is 1.29. The summed E-state index contributed by atoms with van der Waals surface area (Å²) in [5.41, 5.74) is 0. The Balaban J connectivity index is 2.53. The lowest BCUT2D eigenvalue weighted by atomic mass is 10.3. The Labute approximate surface area is 85.9 Å². The largest absolute Gasteiger partial charge is 0.467 e. The molecule has 1 amide bonds. The van der Waals surface area contributed by atoms with Crippen LogP contribution in [0.25, 0.3) is 0 Å². The van der Waals surface area contributed by atoms with E-state index in [0.717, 1.165) is 0 Å². The van der Waals surface area contributed by atoms with Gasteiger partial charge in [-0.1, -0.05) is 6.07 Å². The molecular formula is C9H11NO3S. The van der Waals surface area contributed by atoms with E-state index >= 15 is 0 Å². The number of nitrogens with one attached hydrogen (secondary N) is 1. The standard InChI is InChI=1S/C9H11NO3S/c1-6(9(12)13-2)10-8(11)7-4-3-5-14-7/h3-6H,1-2H3,(H,10,11)/t6-/m1/s1. The lowest BCUT2D eigenvalue weighted by Crippen LogP contribution is -2.38. The summed E-state index contributed by atoms with van der Waals surface area (Å²) in [6.45, 7) is 1.58. The topological polar surface area (TPSA) is 55.4 Å². The van der Waals surface area contributed by atoms with Crippen LogP contribution in [0.2, 0.25) is 0 Å². The second-order valence-corrected chi connectivity index (χ2v) is 3.64. The van der Waals surface area contributed by atoms with Crippen LogP contribution >= 0.6 is 11.3 Å². The monoisotopic (exact) mass is 213 g/mol. The summed E-state index contributed by atoms with van der Waals surface area (Å²) >= 11 is 1.33. The molecule has 1 heterocycles. The Kier molecular flexibility index (Phi) is 3.64. The molecule has 0 aliphatic heterocycles. The summed E-state index contributed by atoms with van der Waals surface area (Å²) in [5, 5.41) is 4.33. The maximum absolute atomic E-state index is 11.4. The molecule has 0 fully saturated rings. The van der Waals surface area contributed by atoms with Crippen molar-refractivity contribution in [1.29, 1.82) is 0 Å². The molecule has 0 spiro atoms. The molecule has 1 rings (SSSR count). The van der Waals surface area contributed by atoms with E-state index < -0.39 is 12.0 Å². The van der Waals surface area contributed by atoms with Crippen molar-refractivity contribution in [2.75, 3.05) is 7.11 Å². The van der Waals surface area contributed by atoms with Crippen molar-refractivity contribution < 1.29 is 14.3 Å². The van der Waals surface area contributed by atoms with Crippen LogP contribution in [0.5, 0.6) is 0 Å². The number of ether oxygens (including phenoxy) is 1. The van der Waals surface area contributed by atoms with Gasteiger partial charge in [-0.2, -0.15) is 0 Å². The van der Waals surface area contributed by atoms with Gasteiger partial charge in [-0.15, -0.1) is 11.3 Å². The minimum Gasteiger partial charge on any atom is -0.467 e. The Morgan fingerprint density at radius 3 is 2.79 bits per heavy atom. The first-order chi connectivity index (χ1) is 6.65. The zero-order chi connectivity index (χ0) is 10.6. The number of methoxy groups -OCH3 is 1. The summed E-state index contributed by atoms with van der Waals surface area (Å²) in [6.07, 6.45) is 0. The fourth-order valence-electron chi connectivity index (χ4n) is 0.911. The first-order valence-electron chi connectivity index (χ1n) is 4.07. The molecule has 76 valence electrons. The summed E-state index contributed by atoms with van der Waals surface area (Å²) < 4.78 is 4.48. The zero-order valence-electron chi connectivity index (χ0n) is 7.94. The van der Waals surface area contributed by atoms with E-state index in [1.54, 1.807) is 24.4 Å². The highest BCUT2D eigenvalue weighted by Crippen LogP contribution is 2.08. The van der Waals surface area contributed by atoms with Crippen molar-refractivity contribution in [3.8, 4) is 0 Å². The van der Waals surface area contributed by atoms with E-state index in [4.69, 9.17) is 0 Å². The molecule has 1 aromatic rings. The van der Waals surface area contributed by atoms with Gasteiger partial charge in [0, 0.05) is 0 Å². The fourth-order valence-corrected chi connectivity index (χ4v) is 1.54.